The van der Waals surface area contributed by atoms with Gasteiger partial charge < -0.3 is 4.74 Å². The molecule has 1 aliphatic heterocycles. The number of carbonyl (C=O) groups is 1. The van der Waals surface area contributed by atoms with Gasteiger partial charge in [-0.15, -0.1) is 0 Å². The molecule has 4 nitrogen and oxygen atoms in total. The second kappa shape index (κ2) is 4.17. The molecule has 4 heteroatoms. The summed E-state index contributed by atoms with van der Waals surface area (Å²) in [6.07, 6.45) is 1.92. The number of hydrazine groups is 1. The van der Waals surface area contributed by atoms with E-state index in [-0.39, 0.29) is 6.09 Å². The van der Waals surface area contributed by atoms with E-state index in [0.717, 1.165) is 19.4 Å². The molecule has 1 fully saturated rings. The van der Waals surface area contributed by atoms with Crippen LogP contribution < -0.4 is 5.43 Å². The van der Waals surface area contributed by atoms with Crippen LogP contribution in [0.5, 0.6) is 0 Å². The monoisotopic (exact) mass is 200 g/mol. The Labute approximate surface area is 85.6 Å². The molecule has 1 atom stereocenters. The molecule has 82 valence electrons. The zero-order valence-electron chi connectivity index (χ0n) is 9.46. The molecule has 0 spiro atoms. The molecule has 14 heavy (non-hydrogen) atoms. The maximum Gasteiger partial charge on any atom is 0.422 e. The molecule has 1 N–H and O–H groups in total. The van der Waals surface area contributed by atoms with Crippen molar-refractivity contribution in [2.45, 2.75) is 52.2 Å². The summed E-state index contributed by atoms with van der Waals surface area (Å²) in [6, 6.07) is 0.419. The fraction of sp³-hybridized carbons (Fsp3) is 0.900. The second-order valence-corrected chi connectivity index (χ2v) is 4.80. The van der Waals surface area contributed by atoms with Gasteiger partial charge in [0.2, 0.25) is 0 Å². The molecule has 0 bridgehead atoms. The second-order valence-electron chi connectivity index (χ2n) is 4.80. The van der Waals surface area contributed by atoms with Gasteiger partial charge in [-0.25, -0.2) is 9.80 Å². The highest BCUT2D eigenvalue weighted by molar-refractivity contribution is 5.67. The van der Waals surface area contributed by atoms with Gasteiger partial charge in [-0.1, -0.05) is 0 Å². The molecular formula is C10H20N2O2. The first-order valence-corrected chi connectivity index (χ1v) is 5.15. The zero-order valence-corrected chi connectivity index (χ0v) is 9.46. The summed E-state index contributed by atoms with van der Waals surface area (Å²) in [5, 5.41) is 1.94. The Hall–Kier alpha value is -0.770. The largest absolute Gasteiger partial charge is 0.443 e. The van der Waals surface area contributed by atoms with E-state index >= 15 is 0 Å². The van der Waals surface area contributed by atoms with Gasteiger partial charge in [0, 0.05) is 12.6 Å². The summed E-state index contributed by atoms with van der Waals surface area (Å²) in [4.78, 5) is 11.4. The number of nitrogens with zero attached hydrogens (tertiary/aromatic N) is 1. The molecule has 1 rings (SSSR count). The highest BCUT2D eigenvalue weighted by Crippen LogP contribution is 2.14. The third kappa shape index (κ3) is 3.54. The first-order valence-electron chi connectivity index (χ1n) is 5.15. The van der Waals surface area contributed by atoms with Crippen LogP contribution in [-0.2, 0) is 4.74 Å². The molecular weight excluding hydrogens is 180 g/mol. The Morgan fingerprint density at radius 2 is 2.14 bits per heavy atom. The van der Waals surface area contributed by atoms with Crippen LogP contribution in [0.15, 0.2) is 0 Å². The lowest BCUT2D eigenvalue weighted by atomic mass is 10.2. The Morgan fingerprint density at radius 3 is 2.57 bits per heavy atom. The lowest BCUT2D eigenvalue weighted by Gasteiger charge is -2.25. The SMILES string of the molecule is C[C@@H]1CCCN1NC(=O)OC(C)(C)C. The Kier molecular flexibility index (Phi) is 3.37. The topological polar surface area (TPSA) is 41.6 Å². The predicted molar refractivity (Wildman–Crippen MR) is 54.8 cm³/mol. The van der Waals surface area contributed by atoms with Gasteiger partial charge in [-0.3, -0.25) is 5.43 Å². The molecule has 0 aromatic heterocycles. The third-order valence-corrected chi connectivity index (χ3v) is 2.19. The number of rotatable bonds is 1. The fourth-order valence-corrected chi connectivity index (χ4v) is 1.52. The summed E-state index contributed by atoms with van der Waals surface area (Å²) in [7, 11) is 0. The molecule has 0 aliphatic carbocycles. The van der Waals surface area contributed by atoms with Gasteiger partial charge in [0.25, 0.3) is 0 Å². The van der Waals surface area contributed by atoms with E-state index in [4.69, 9.17) is 4.74 Å². The van der Waals surface area contributed by atoms with Crippen molar-refractivity contribution in [3.8, 4) is 0 Å². The molecule has 0 aromatic rings. The van der Waals surface area contributed by atoms with Crippen LogP contribution in [0.3, 0.4) is 0 Å². The van der Waals surface area contributed by atoms with Crippen molar-refractivity contribution in [2.75, 3.05) is 6.54 Å². The van der Waals surface area contributed by atoms with Gasteiger partial charge in [0.05, 0.1) is 0 Å². The normalized spacial score (nSPS) is 23.6. The van der Waals surface area contributed by atoms with Crippen molar-refractivity contribution >= 4 is 6.09 Å². The quantitative estimate of drug-likeness (QED) is 0.703. The van der Waals surface area contributed by atoms with Crippen molar-refractivity contribution in [3.63, 3.8) is 0 Å². The molecule has 1 saturated heterocycles. The third-order valence-electron chi connectivity index (χ3n) is 2.19. The van der Waals surface area contributed by atoms with Crippen molar-refractivity contribution in [1.29, 1.82) is 0 Å². The van der Waals surface area contributed by atoms with Crippen LogP contribution in [0.4, 0.5) is 4.79 Å². The Morgan fingerprint density at radius 1 is 1.50 bits per heavy atom. The highest BCUT2D eigenvalue weighted by Gasteiger charge is 2.24. The van der Waals surface area contributed by atoms with Crippen LogP contribution in [0.2, 0.25) is 0 Å². The van der Waals surface area contributed by atoms with Gasteiger partial charge in [0.1, 0.15) is 5.60 Å². The lowest BCUT2D eigenvalue weighted by molar-refractivity contribution is 0.0318. The van der Waals surface area contributed by atoms with E-state index in [0.29, 0.717) is 6.04 Å². The Bertz CT molecular complexity index is 211. The van der Waals surface area contributed by atoms with E-state index in [1.807, 2.05) is 25.8 Å². The van der Waals surface area contributed by atoms with E-state index in [1.165, 1.54) is 0 Å². The maximum atomic E-state index is 11.4. The minimum atomic E-state index is -0.424. The van der Waals surface area contributed by atoms with E-state index in [9.17, 15) is 4.79 Å². The minimum absolute atomic E-state index is 0.355. The van der Waals surface area contributed by atoms with Gasteiger partial charge in [0.15, 0.2) is 0 Å². The number of carbonyl (C=O) groups excluding carboxylic acids is 1. The molecule has 0 radical (unpaired) electrons. The number of hydrogen-bond donors (Lipinski definition) is 1. The highest BCUT2D eigenvalue weighted by atomic mass is 16.6. The molecule has 1 aliphatic rings. The summed E-state index contributed by atoms with van der Waals surface area (Å²) in [5.41, 5.74) is 2.33. The van der Waals surface area contributed by atoms with Gasteiger partial charge >= 0.3 is 6.09 Å². The van der Waals surface area contributed by atoms with Crippen LogP contribution in [-0.4, -0.2) is 29.3 Å². The summed E-state index contributed by atoms with van der Waals surface area (Å²) < 4.78 is 5.16. The van der Waals surface area contributed by atoms with Crippen molar-refractivity contribution in [2.24, 2.45) is 0 Å². The Balaban J connectivity index is 2.33. The molecule has 1 amide bonds. The molecule has 0 unspecified atom stereocenters. The van der Waals surface area contributed by atoms with E-state index in [2.05, 4.69) is 12.3 Å². The predicted octanol–water partition coefficient (Wildman–Crippen LogP) is 1.91. The summed E-state index contributed by atoms with van der Waals surface area (Å²) in [6.45, 7) is 8.60. The number of nitrogens with one attached hydrogen (secondary N) is 1. The summed E-state index contributed by atoms with van der Waals surface area (Å²) >= 11 is 0. The minimum Gasteiger partial charge on any atom is -0.443 e. The first kappa shape index (κ1) is 11.3. The number of ether oxygens (including phenoxy) is 1. The average Bonchev–Trinajstić information content (AvgIpc) is 2.32. The van der Waals surface area contributed by atoms with Crippen LogP contribution in [0.1, 0.15) is 40.5 Å². The molecule has 0 saturated carbocycles. The molecule has 1 heterocycles. The number of hydrogen-bond acceptors (Lipinski definition) is 3. The van der Waals surface area contributed by atoms with Crippen LogP contribution >= 0.6 is 0 Å². The van der Waals surface area contributed by atoms with Crippen LogP contribution in [0, 0.1) is 0 Å². The van der Waals surface area contributed by atoms with Crippen molar-refractivity contribution < 1.29 is 9.53 Å². The van der Waals surface area contributed by atoms with E-state index in [1.54, 1.807) is 0 Å². The smallest absolute Gasteiger partial charge is 0.422 e. The number of amides is 1. The summed E-state index contributed by atoms with van der Waals surface area (Å²) in [5.74, 6) is 0. The van der Waals surface area contributed by atoms with Gasteiger partial charge in [-0.2, -0.15) is 0 Å². The lowest BCUT2D eigenvalue weighted by Crippen LogP contribution is -2.46. The standard InChI is InChI=1S/C10H20N2O2/c1-8-6-5-7-12(8)11-9(13)14-10(2,3)4/h8H,5-7H2,1-4H3,(H,11,13)/t8-/m1/s1. The molecule has 0 aromatic carbocycles. The van der Waals surface area contributed by atoms with Gasteiger partial charge in [-0.05, 0) is 40.5 Å². The van der Waals surface area contributed by atoms with Crippen molar-refractivity contribution in [3.05, 3.63) is 0 Å². The zero-order chi connectivity index (χ0) is 10.8. The average molecular weight is 200 g/mol. The van der Waals surface area contributed by atoms with Crippen molar-refractivity contribution in [1.82, 2.24) is 10.4 Å². The van der Waals surface area contributed by atoms with E-state index < -0.39 is 5.60 Å². The maximum absolute atomic E-state index is 11.4. The van der Waals surface area contributed by atoms with Crippen LogP contribution in [0.25, 0.3) is 0 Å². The first-order chi connectivity index (χ1) is 6.38. The fourth-order valence-electron chi connectivity index (χ4n) is 1.52.